The molecule has 0 saturated heterocycles. The molecule has 5 nitrogen and oxygen atoms in total. The summed E-state index contributed by atoms with van der Waals surface area (Å²) in [6.45, 7) is 5.04. The van der Waals surface area contributed by atoms with Crippen molar-refractivity contribution in [2.45, 2.75) is 20.4 Å². The predicted molar refractivity (Wildman–Crippen MR) is 110 cm³/mol. The number of anilines is 1. The van der Waals surface area contributed by atoms with E-state index < -0.39 is 0 Å². The topological polar surface area (TPSA) is 62.7 Å². The average Bonchev–Trinajstić information content (AvgIpc) is 2.72. The summed E-state index contributed by atoms with van der Waals surface area (Å²) in [5.41, 5.74) is 1.69. The van der Waals surface area contributed by atoms with Gasteiger partial charge in [0.2, 0.25) is 0 Å². The van der Waals surface area contributed by atoms with Gasteiger partial charge in [-0.05, 0) is 54.4 Å². The lowest BCUT2D eigenvalue weighted by molar-refractivity contribution is 0.0984. The lowest BCUT2D eigenvalue weighted by Crippen LogP contribution is -2.30. The van der Waals surface area contributed by atoms with Gasteiger partial charge in [-0.3, -0.25) is 14.7 Å². The van der Waals surface area contributed by atoms with Crippen molar-refractivity contribution in [3.8, 4) is 11.5 Å². The second-order valence-corrected chi connectivity index (χ2v) is 6.93. The number of pyridine rings is 1. The Morgan fingerprint density at radius 2 is 1.75 bits per heavy atom. The van der Waals surface area contributed by atoms with Crippen molar-refractivity contribution < 1.29 is 14.6 Å². The summed E-state index contributed by atoms with van der Waals surface area (Å²) < 4.78 is 5.69. The Morgan fingerprint density at radius 3 is 2.39 bits per heavy atom. The highest BCUT2D eigenvalue weighted by atomic mass is 16.5. The third-order valence-electron chi connectivity index (χ3n) is 4.15. The van der Waals surface area contributed by atoms with E-state index in [1.54, 1.807) is 54.7 Å². The number of nitrogens with zero attached hydrogens (tertiary/aromatic N) is 2. The van der Waals surface area contributed by atoms with E-state index in [0.717, 1.165) is 11.4 Å². The number of amides is 1. The second-order valence-electron chi connectivity index (χ2n) is 6.93. The van der Waals surface area contributed by atoms with Crippen molar-refractivity contribution in [1.29, 1.82) is 0 Å². The lowest BCUT2D eigenvalue weighted by atomic mass is 10.1. The number of hydrogen-bond donors (Lipinski definition) is 1. The number of hydrogen-bond acceptors (Lipinski definition) is 4. The number of para-hydroxylation sites is 2. The molecule has 5 heteroatoms. The van der Waals surface area contributed by atoms with E-state index in [1.165, 1.54) is 4.90 Å². The van der Waals surface area contributed by atoms with E-state index in [9.17, 15) is 9.90 Å². The van der Waals surface area contributed by atoms with Crippen LogP contribution in [0.1, 0.15) is 29.9 Å². The van der Waals surface area contributed by atoms with Crippen molar-refractivity contribution in [3.05, 3.63) is 84.2 Å². The maximum absolute atomic E-state index is 13.2. The summed E-state index contributed by atoms with van der Waals surface area (Å²) in [6, 6.07) is 19.4. The fourth-order valence-electron chi connectivity index (χ4n) is 2.72. The Bertz CT molecular complexity index is 909. The number of carbonyl (C=O) groups is 1. The van der Waals surface area contributed by atoms with Crippen LogP contribution in [-0.2, 0) is 6.54 Å². The van der Waals surface area contributed by atoms with Crippen molar-refractivity contribution in [2.24, 2.45) is 5.92 Å². The Kier molecular flexibility index (Phi) is 6.27. The molecule has 0 bridgehead atoms. The molecule has 144 valence electrons. The number of phenolic OH excluding ortho intramolecular Hbond substituents is 1. The molecule has 0 aliphatic heterocycles. The number of phenols is 1. The largest absolute Gasteiger partial charge is 0.506 e. The standard InChI is InChI=1S/C23H24N2O3/c1-17(2)16-28-20-12-10-18(11-13-20)23(27)25(15-19-7-5-6-14-24-19)21-8-3-4-9-22(21)26/h3-14,17,26H,15-16H2,1-2H3. The molecule has 1 aromatic heterocycles. The van der Waals surface area contributed by atoms with Gasteiger partial charge >= 0.3 is 0 Å². The molecule has 2 aromatic carbocycles. The highest BCUT2D eigenvalue weighted by Gasteiger charge is 2.21. The zero-order valence-electron chi connectivity index (χ0n) is 16.1. The molecule has 0 fully saturated rings. The van der Waals surface area contributed by atoms with Crippen LogP contribution in [0, 0.1) is 5.92 Å². The average molecular weight is 376 g/mol. The Morgan fingerprint density at radius 1 is 1.04 bits per heavy atom. The number of aromatic hydroxyl groups is 1. The van der Waals surface area contributed by atoms with Gasteiger partial charge in [0.25, 0.3) is 5.91 Å². The van der Waals surface area contributed by atoms with Gasteiger partial charge in [-0.15, -0.1) is 0 Å². The first-order valence-corrected chi connectivity index (χ1v) is 9.27. The predicted octanol–water partition coefficient (Wildman–Crippen LogP) is 4.67. The van der Waals surface area contributed by atoms with Crippen molar-refractivity contribution >= 4 is 11.6 Å². The summed E-state index contributed by atoms with van der Waals surface area (Å²) in [5.74, 6) is 0.978. The van der Waals surface area contributed by atoms with Crippen LogP contribution in [0.2, 0.25) is 0 Å². The first-order chi connectivity index (χ1) is 13.5. The minimum Gasteiger partial charge on any atom is -0.506 e. The van der Waals surface area contributed by atoms with Crippen LogP contribution in [-0.4, -0.2) is 22.6 Å². The SMILES string of the molecule is CC(C)COc1ccc(C(=O)N(Cc2ccccn2)c2ccccc2O)cc1. The van der Waals surface area contributed by atoms with Crippen LogP contribution < -0.4 is 9.64 Å². The van der Waals surface area contributed by atoms with E-state index in [2.05, 4.69) is 18.8 Å². The number of carbonyl (C=O) groups excluding carboxylic acids is 1. The van der Waals surface area contributed by atoms with Crippen molar-refractivity contribution in [2.75, 3.05) is 11.5 Å². The molecule has 1 amide bonds. The number of aromatic nitrogens is 1. The Labute approximate surface area is 165 Å². The molecule has 0 atom stereocenters. The van der Waals surface area contributed by atoms with Crippen LogP contribution in [0.5, 0.6) is 11.5 Å². The quantitative estimate of drug-likeness (QED) is 0.651. The van der Waals surface area contributed by atoms with Crippen molar-refractivity contribution in [3.63, 3.8) is 0 Å². The minimum atomic E-state index is -0.220. The zero-order valence-corrected chi connectivity index (χ0v) is 16.1. The second kappa shape index (κ2) is 9.04. The van der Waals surface area contributed by atoms with Gasteiger partial charge in [0.1, 0.15) is 11.5 Å². The van der Waals surface area contributed by atoms with Crippen LogP contribution in [0.4, 0.5) is 5.69 Å². The molecule has 0 unspecified atom stereocenters. The highest BCUT2D eigenvalue weighted by molar-refractivity contribution is 6.06. The van der Waals surface area contributed by atoms with E-state index in [4.69, 9.17) is 4.74 Å². The van der Waals surface area contributed by atoms with Crippen LogP contribution in [0.25, 0.3) is 0 Å². The smallest absolute Gasteiger partial charge is 0.258 e. The number of ether oxygens (including phenoxy) is 1. The van der Waals surface area contributed by atoms with E-state index in [-0.39, 0.29) is 18.2 Å². The molecule has 1 heterocycles. The summed E-state index contributed by atoms with van der Waals surface area (Å²) in [4.78, 5) is 19.1. The summed E-state index contributed by atoms with van der Waals surface area (Å²) in [6.07, 6.45) is 1.68. The molecule has 0 aliphatic carbocycles. The molecular weight excluding hydrogens is 352 g/mol. The minimum absolute atomic E-state index is 0.0451. The zero-order chi connectivity index (χ0) is 19.9. The summed E-state index contributed by atoms with van der Waals surface area (Å²) >= 11 is 0. The highest BCUT2D eigenvalue weighted by Crippen LogP contribution is 2.29. The number of benzene rings is 2. The lowest BCUT2D eigenvalue weighted by Gasteiger charge is -2.23. The molecule has 28 heavy (non-hydrogen) atoms. The molecular formula is C23H24N2O3. The third-order valence-corrected chi connectivity index (χ3v) is 4.15. The van der Waals surface area contributed by atoms with Gasteiger partial charge in [0.05, 0.1) is 24.5 Å². The molecule has 0 radical (unpaired) electrons. The van der Waals surface area contributed by atoms with Gasteiger partial charge in [-0.1, -0.05) is 32.0 Å². The molecule has 1 N–H and O–H groups in total. The fraction of sp³-hybridized carbons (Fsp3) is 0.217. The Hall–Kier alpha value is -3.34. The first-order valence-electron chi connectivity index (χ1n) is 9.27. The number of rotatable bonds is 7. The maximum atomic E-state index is 13.2. The summed E-state index contributed by atoms with van der Waals surface area (Å²) in [7, 11) is 0. The van der Waals surface area contributed by atoms with Gasteiger partial charge in [-0.25, -0.2) is 0 Å². The van der Waals surface area contributed by atoms with Gasteiger partial charge in [-0.2, -0.15) is 0 Å². The maximum Gasteiger partial charge on any atom is 0.258 e. The van der Waals surface area contributed by atoms with Crippen LogP contribution in [0.3, 0.4) is 0 Å². The van der Waals surface area contributed by atoms with Crippen LogP contribution >= 0.6 is 0 Å². The van der Waals surface area contributed by atoms with Gasteiger partial charge in [0, 0.05) is 11.8 Å². The monoisotopic (exact) mass is 376 g/mol. The van der Waals surface area contributed by atoms with E-state index >= 15 is 0 Å². The molecule has 3 aromatic rings. The first kappa shape index (κ1) is 19.4. The molecule has 0 saturated carbocycles. The molecule has 3 rings (SSSR count). The van der Waals surface area contributed by atoms with Gasteiger partial charge < -0.3 is 9.84 Å². The van der Waals surface area contributed by atoms with E-state index in [1.807, 2.05) is 18.2 Å². The fourth-order valence-corrected chi connectivity index (χ4v) is 2.72. The molecule has 0 aliphatic rings. The van der Waals surface area contributed by atoms with Gasteiger partial charge in [0.15, 0.2) is 0 Å². The Balaban J connectivity index is 1.87. The normalized spacial score (nSPS) is 10.7. The summed E-state index contributed by atoms with van der Waals surface area (Å²) in [5, 5.41) is 10.3. The van der Waals surface area contributed by atoms with Crippen molar-refractivity contribution in [1.82, 2.24) is 4.98 Å². The molecule has 0 spiro atoms. The van der Waals surface area contributed by atoms with Crippen LogP contribution in [0.15, 0.2) is 72.9 Å². The third kappa shape index (κ3) is 4.88. The van der Waals surface area contributed by atoms with E-state index in [0.29, 0.717) is 23.8 Å².